The second-order valence-electron chi connectivity index (χ2n) is 5.63. The van der Waals surface area contributed by atoms with Gasteiger partial charge in [-0.25, -0.2) is 8.78 Å². The van der Waals surface area contributed by atoms with Crippen molar-refractivity contribution in [2.45, 2.75) is 49.5 Å². The van der Waals surface area contributed by atoms with Crippen LogP contribution in [-0.4, -0.2) is 39.8 Å². The van der Waals surface area contributed by atoms with E-state index in [0.29, 0.717) is 29.1 Å². The standard InChI is InChI=1S/C16H21F2NO2S/c1-3-22(21)14-7-5-4-6-13(14)15(20)19(2)12-8-10-16(17,18)11-9-12/h4-7,12H,3,8-11H2,1-2H3. The van der Waals surface area contributed by atoms with Gasteiger partial charge in [-0.15, -0.1) is 0 Å². The van der Waals surface area contributed by atoms with E-state index >= 15 is 0 Å². The molecule has 0 saturated heterocycles. The Morgan fingerprint density at radius 3 is 2.50 bits per heavy atom. The predicted octanol–water partition coefficient (Wildman–Crippen LogP) is 3.46. The van der Waals surface area contributed by atoms with Gasteiger partial charge in [0.1, 0.15) is 0 Å². The average molecular weight is 329 g/mol. The van der Waals surface area contributed by atoms with Crippen molar-refractivity contribution in [2.24, 2.45) is 0 Å². The lowest BCUT2D eigenvalue weighted by atomic mass is 9.91. The van der Waals surface area contributed by atoms with Crippen molar-refractivity contribution in [3.05, 3.63) is 29.8 Å². The minimum absolute atomic E-state index is 0.183. The molecule has 1 atom stereocenters. The van der Waals surface area contributed by atoms with Crippen molar-refractivity contribution < 1.29 is 17.8 Å². The molecule has 6 heteroatoms. The Hall–Kier alpha value is -1.30. The van der Waals surface area contributed by atoms with Crippen LogP contribution >= 0.6 is 0 Å². The lowest BCUT2D eigenvalue weighted by Crippen LogP contribution is -2.42. The number of rotatable bonds is 4. The normalized spacial score (nSPS) is 19.6. The topological polar surface area (TPSA) is 37.4 Å². The van der Waals surface area contributed by atoms with Crippen LogP contribution in [-0.2, 0) is 10.8 Å². The number of amides is 1. The van der Waals surface area contributed by atoms with Gasteiger partial charge in [0.15, 0.2) is 0 Å². The number of hydrogen-bond donors (Lipinski definition) is 0. The molecule has 0 bridgehead atoms. The maximum atomic E-state index is 13.2. The first-order valence-corrected chi connectivity index (χ1v) is 8.80. The Labute approximate surface area is 132 Å². The summed E-state index contributed by atoms with van der Waals surface area (Å²) in [5.74, 6) is -2.42. The first kappa shape index (κ1) is 17.1. The van der Waals surface area contributed by atoms with Gasteiger partial charge in [-0.05, 0) is 25.0 Å². The SMILES string of the molecule is CCS(=O)c1ccccc1C(=O)N(C)C1CCC(F)(F)CC1. The minimum Gasteiger partial charge on any atom is -0.339 e. The third-order valence-electron chi connectivity index (χ3n) is 4.18. The minimum atomic E-state index is -2.61. The molecule has 1 aromatic rings. The Morgan fingerprint density at radius 1 is 1.32 bits per heavy atom. The Kier molecular flexibility index (Phi) is 5.32. The van der Waals surface area contributed by atoms with Gasteiger partial charge >= 0.3 is 0 Å². The second-order valence-corrected chi connectivity index (χ2v) is 7.34. The molecule has 1 unspecified atom stereocenters. The summed E-state index contributed by atoms with van der Waals surface area (Å²) in [4.78, 5) is 14.7. The van der Waals surface area contributed by atoms with Crippen molar-refractivity contribution in [3.63, 3.8) is 0 Å². The Bertz CT molecular complexity index is 567. The van der Waals surface area contributed by atoms with Crippen LogP contribution in [0, 0.1) is 0 Å². The van der Waals surface area contributed by atoms with Crippen LogP contribution in [0.15, 0.2) is 29.2 Å². The van der Waals surface area contributed by atoms with E-state index in [1.807, 2.05) is 0 Å². The largest absolute Gasteiger partial charge is 0.339 e. The smallest absolute Gasteiger partial charge is 0.255 e. The molecule has 22 heavy (non-hydrogen) atoms. The van der Waals surface area contributed by atoms with Crippen LogP contribution in [0.5, 0.6) is 0 Å². The number of carbonyl (C=O) groups excluding carboxylic acids is 1. The van der Waals surface area contributed by atoms with E-state index in [0.717, 1.165) is 0 Å². The van der Waals surface area contributed by atoms with Gasteiger partial charge in [0, 0.05) is 31.7 Å². The van der Waals surface area contributed by atoms with Gasteiger partial charge in [-0.2, -0.15) is 0 Å². The number of hydrogen-bond acceptors (Lipinski definition) is 2. The number of benzene rings is 1. The summed E-state index contributed by atoms with van der Waals surface area (Å²) in [5, 5.41) is 0. The fourth-order valence-corrected chi connectivity index (χ4v) is 3.71. The summed E-state index contributed by atoms with van der Waals surface area (Å²) in [5.41, 5.74) is 0.405. The highest BCUT2D eigenvalue weighted by atomic mass is 32.2. The molecule has 1 aliphatic carbocycles. The maximum Gasteiger partial charge on any atom is 0.255 e. The van der Waals surface area contributed by atoms with Crippen molar-refractivity contribution in [1.29, 1.82) is 0 Å². The quantitative estimate of drug-likeness (QED) is 0.848. The van der Waals surface area contributed by atoms with Crippen molar-refractivity contribution in [3.8, 4) is 0 Å². The molecule has 1 saturated carbocycles. The Morgan fingerprint density at radius 2 is 1.91 bits per heavy atom. The zero-order valence-corrected chi connectivity index (χ0v) is 13.7. The summed E-state index contributed by atoms with van der Waals surface area (Å²) in [7, 11) is 0.417. The lowest BCUT2D eigenvalue weighted by molar-refractivity contribution is -0.0490. The third kappa shape index (κ3) is 3.72. The van der Waals surface area contributed by atoms with Gasteiger partial charge in [-0.3, -0.25) is 9.00 Å². The average Bonchev–Trinajstić information content (AvgIpc) is 2.52. The Balaban J connectivity index is 2.16. The van der Waals surface area contributed by atoms with E-state index < -0.39 is 16.7 Å². The van der Waals surface area contributed by atoms with Gasteiger partial charge < -0.3 is 4.90 Å². The molecule has 1 aliphatic rings. The van der Waals surface area contributed by atoms with Gasteiger partial charge in [0.25, 0.3) is 5.91 Å². The van der Waals surface area contributed by atoms with Gasteiger partial charge in [0.2, 0.25) is 5.92 Å². The summed E-state index contributed by atoms with van der Waals surface area (Å²) >= 11 is 0. The number of halogens is 2. The van der Waals surface area contributed by atoms with Crippen LogP contribution in [0.1, 0.15) is 43.0 Å². The van der Waals surface area contributed by atoms with Crippen LogP contribution in [0.25, 0.3) is 0 Å². The fourth-order valence-electron chi connectivity index (χ4n) is 2.77. The summed E-state index contributed by atoms with van der Waals surface area (Å²) in [6, 6.07) is 6.64. The van der Waals surface area contributed by atoms with Crippen molar-refractivity contribution in [2.75, 3.05) is 12.8 Å². The van der Waals surface area contributed by atoms with Gasteiger partial charge in [0.05, 0.1) is 21.3 Å². The molecular formula is C16H21F2NO2S. The van der Waals surface area contributed by atoms with Crippen molar-refractivity contribution >= 4 is 16.7 Å². The molecule has 2 rings (SSSR count). The number of alkyl halides is 2. The zero-order chi connectivity index (χ0) is 16.3. The van der Waals surface area contributed by atoms with E-state index in [1.165, 1.54) is 4.90 Å². The number of carbonyl (C=O) groups is 1. The van der Waals surface area contributed by atoms with Crippen LogP contribution in [0.4, 0.5) is 8.78 Å². The molecule has 0 radical (unpaired) electrons. The fraction of sp³-hybridized carbons (Fsp3) is 0.562. The summed E-state index contributed by atoms with van der Waals surface area (Å²) in [6.45, 7) is 1.80. The zero-order valence-electron chi connectivity index (χ0n) is 12.9. The predicted molar refractivity (Wildman–Crippen MR) is 82.7 cm³/mol. The maximum absolute atomic E-state index is 13.2. The second kappa shape index (κ2) is 6.86. The van der Waals surface area contributed by atoms with Crippen LogP contribution in [0.2, 0.25) is 0 Å². The molecule has 1 aromatic carbocycles. The molecule has 0 N–H and O–H groups in total. The first-order chi connectivity index (χ1) is 10.4. The molecule has 0 spiro atoms. The monoisotopic (exact) mass is 329 g/mol. The molecule has 0 heterocycles. The van der Waals surface area contributed by atoms with E-state index in [2.05, 4.69) is 0 Å². The molecule has 0 aromatic heterocycles. The van der Waals surface area contributed by atoms with Crippen molar-refractivity contribution in [1.82, 2.24) is 4.90 Å². The molecule has 1 amide bonds. The van der Waals surface area contributed by atoms with E-state index in [4.69, 9.17) is 0 Å². The summed E-state index contributed by atoms with van der Waals surface area (Å²) < 4.78 is 38.5. The molecule has 1 fully saturated rings. The first-order valence-electron chi connectivity index (χ1n) is 7.48. The highest BCUT2D eigenvalue weighted by molar-refractivity contribution is 7.85. The van der Waals surface area contributed by atoms with E-state index in [-0.39, 0.29) is 24.8 Å². The molecule has 0 aliphatic heterocycles. The van der Waals surface area contributed by atoms with Gasteiger partial charge in [-0.1, -0.05) is 19.1 Å². The third-order valence-corrected chi connectivity index (χ3v) is 5.55. The van der Waals surface area contributed by atoms with E-state index in [1.54, 1.807) is 38.2 Å². The molecule has 122 valence electrons. The highest BCUT2D eigenvalue weighted by Gasteiger charge is 2.37. The molecule has 3 nitrogen and oxygen atoms in total. The highest BCUT2D eigenvalue weighted by Crippen LogP contribution is 2.35. The molecular weight excluding hydrogens is 308 g/mol. The van der Waals surface area contributed by atoms with Crippen LogP contribution < -0.4 is 0 Å². The summed E-state index contributed by atoms with van der Waals surface area (Å²) in [6.07, 6.45) is 0.234. The number of nitrogens with zero attached hydrogens (tertiary/aromatic N) is 1. The lowest BCUT2D eigenvalue weighted by Gasteiger charge is -2.34. The van der Waals surface area contributed by atoms with Crippen LogP contribution in [0.3, 0.4) is 0 Å². The van der Waals surface area contributed by atoms with E-state index in [9.17, 15) is 17.8 Å².